The first-order valence-electron chi connectivity index (χ1n) is 6.50. The van der Waals surface area contributed by atoms with Crippen molar-refractivity contribution in [3.05, 3.63) is 90.0 Å². The molecule has 1 nitrogen and oxygen atoms in total. The molecule has 0 bridgehead atoms. The van der Waals surface area contributed by atoms with Gasteiger partial charge in [0.2, 0.25) is 0 Å². The minimum Gasteiger partial charge on any atom is -0.311 e. The van der Waals surface area contributed by atoms with Crippen molar-refractivity contribution < 1.29 is 0 Å². The Labute approximate surface area is 124 Å². The molecule has 0 aliphatic rings. The molecule has 0 atom stereocenters. The van der Waals surface area contributed by atoms with Crippen LogP contribution in [0, 0.1) is 0 Å². The fourth-order valence-electron chi connectivity index (χ4n) is 2.19. The number of benzene rings is 3. The second-order valence-electron chi connectivity index (χ2n) is 4.48. The van der Waals surface area contributed by atoms with Gasteiger partial charge in [-0.15, -0.1) is 0 Å². The van der Waals surface area contributed by atoms with E-state index in [-0.39, 0.29) is 0 Å². The zero-order chi connectivity index (χ0) is 13.8. The summed E-state index contributed by atoms with van der Waals surface area (Å²) in [5.41, 5.74) is 3.34. The fraction of sp³-hybridized carbons (Fsp3) is 0. The quantitative estimate of drug-likeness (QED) is 0.585. The molecule has 20 heavy (non-hydrogen) atoms. The molecule has 98 valence electrons. The summed E-state index contributed by atoms with van der Waals surface area (Å²) in [6, 6.07) is 28.5. The highest BCUT2D eigenvalue weighted by atomic mass is 35.5. The van der Waals surface area contributed by atoms with Crippen molar-refractivity contribution in [1.29, 1.82) is 0 Å². The summed E-state index contributed by atoms with van der Waals surface area (Å²) in [6.07, 6.45) is 0. The van der Waals surface area contributed by atoms with Gasteiger partial charge in [-0.1, -0.05) is 48.0 Å². The second-order valence-corrected chi connectivity index (χ2v) is 4.92. The van der Waals surface area contributed by atoms with Crippen LogP contribution in [0.1, 0.15) is 0 Å². The van der Waals surface area contributed by atoms with Gasteiger partial charge in [-0.3, -0.25) is 0 Å². The summed E-state index contributed by atoms with van der Waals surface area (Å²) in [6.45, 7) is 0. The third kappa shape index (κ3) is 2.68. The highest BCUT2D eigenvalue weighted by Gasteiger charge is 2.10. The van der Waals surface area contributed by atoms with Crippen LogP contribution < -0.4 is 4.90 Å². The Morgan fingerprint density at radius 3 is 1.35 bits per heavy atom. The molecule has 0 aromatic heterocycles. The van der Waals surface area contributed by atoms with Crippen molar-refractivity contribution in [3.63, 3.8) is 0 Å². The molecule has 0 N–H and O–H groups in total. The molecule has 3 aromatic rings. The molecule has 0 fully saturated rings. The van der Waals surface area contributed by atoms with E-state index < -0.39 is 0 Å². The monoisotopic (exact) mass is 279 g/mol. The van der Waals surface area contributed by atoms with E-state index in [0.29, 0.717) is 0 Å². The van der Waals surface area contributed by atoms with Crippen LogP contribution in [0.25, 0.3) is 0 Å². The standard InChI is InChI=1S/C18H14ClN/c19-15-11-13-18(14-12-15)20(16-7-3-1-4-8-16)17-9-5-2-6-10-17/h1-14H. The molecule has 0 amide bonds. The normalized spacial score (nSPS) is 10.2. The maximum Gasteiger partial charge on any atom is 0.0462 e. The molecular formula is C18H14ClN. The molecule has 0 radical (unpaired) electrons. The molecule has 0 spiro atoms. The van der Waals surface area contributed by atoms with Crippen LogP contribution in [0.5, 0.6) is 0 Å². The molecule has 3 aromatic carbocycles. The Balaban J connectivity index is 2.11. The van der Waals surface area contributed by atoms with E-state index >= 15 is 0 Å². The second kappa shape index (κ2) is 5.81. The Bertz CT molecular complexity index is 623. The lowest BCUT2D eigenvalue weighted by Gasteiger charge is -2.25. The van der Waals surface area contributed by atoms with Gasteiger partial charge in [-0.2, -0.15) is 0 Å². The summed E-state index contributed by atoms with van der Waals surface area (Å²) in [5, 5.41) is 0.745. The van der Waals surface area contributed by atoms with E-state index in [1.165, 1.54) is 0 Å². The van der Waals surface area contributed by atoms with Gasteiger partial charge in [-0.25, -0.2) is 0 Å². The largest absolute Gasteiger partial charge is 0.311 e. The van der Waals surface area contributed by atoms with Crippen LogP contribution in [-0.2, 0) is 0 Å². The van der Waals surface area contributed by atoms with Crippen LogP contribution in [0.3, 0.4) is 0 Å². The lowest BCUT2D eigenvalue weighted by molar-refractivity contribution is 1.28. The topological polar surface area (TPSA) is 3.24 Å². The first-order chi connectivity index (χ1) is 9.84. The summed E-state index contributed by atoms with van der Waals surface area (Å²) in [5.74, 6) is 0. The summed E-state index contributed by atoms with van der Waals surface area (Å²) in [7, 11) is 0. The van der Waals surface area contributed by atoms with Gasteiger partial charge in [0.15, 0.2) is 0 Å². The third-order valence-corrected chi connectivity index (χ3v) is 3.37. The van der Waals surface area contributed by atoms with E-state index in [1.54, 1.807) is 0 Å². The maximum atomic E-state index is 5.99. The Kier molecular flexibility index (Phi) is 3.71. The van der Waals surface area contributed by atoms with Crippen molar-refractivity contribution >= 4 is 28.7 Å². The number of hydrogen-bond acceptors (Lipinski definition) is 1. The van der Waals surface area contributed by atoms with Crippen molar-refractivity contribution in [3.8, 4) is 0 Å². The molecule has 0 heterocycles. The predicted molar refractivity (Wildman–Crippen MR) is 86.1 cm³/mol. The van der Waals surface area contributed by atoms with Crippen molar-refractivity contribution in [2.75, 3.05) is 4.90 Å². The maximum absolute atomic E-state index is 5.99. The molecule has 0 saturated heterocycles. The molecule has 0 unspecified atom stereocenters. The number of hydrogen-bond donors (Lipinski definition) is 0. The number of halogens is 1. The lowest BCUT2D eigenvalue weighted by Crippen LogP contribution is -2.09. The van der Waals surface area contributed by atoms with E-state index in [2.05, 4.69) is 29.2 Å². The van der Waals surface area contributed by atoms with Crippen LogP contribution in [-0.4, -0.2) is 0 Å². The Morgan fingerprint density at radius 2 is 0.900 bits per heavy atom. The smallest absolute Gasteiger partial charge is 0.0462 e. The highest BCUT2D eigenvalue weighted by Crippen LogP contribution is 2.34. The number of anilines is 3. The average molecular weight is 280 g/mol. The van der Waals surface area contributed by atoms with Gasteiger partial charge in [0.25, 0.3) is 0 Å². The van der Waals surface area contributed by atoms with Gasteiger partial charge >= 0.3 is 0 Å². The predicted octanol–water partition coefficient (Wildman–Crippen LogP) is 5.81. The number of nitrogens with zero attached hydrogens (tertiary/aromatic N) is 1. The molecule has 2 heteroatoms. The minimum absolute atomic E-state index is 0.745. The van der Waals surface area contributed by atoms with Crippen LogP contribution in [0.15, 0.2) is 84.9 Å². The lowest BCUT2D eigenvalue weighted by atomic mass is 10.2. The van der Waals surface area contributed by atoms with Gasteiger partial charge in [0.1, 0.15) is 0 Å². The number of para-hydroxylation sites is 2. The summed E-state index contributed by atoms with van der Waals surface area (Å²) < 4.78 is 0. The Morgan fingerprint density at radius 1 is 0.500 bits per heavy atom. The SMILES string of the molecule is Clc1ccc(N(c2ccccc2)c2ccccc2)cc1. The van der Waals surface area contributed by atoms with E-state index in [4.69, 9.17) is 11.6 Å². The molecule has 0 aliphatic heterocycles. The summed E-state index contributed by atoms with van der Waals surface area (Å²) in [4.78, 5) is 2.20. The Hall–Kier alpha value is -2.25. The van der Waals surface area contributed by atoms with E-state index in [9.17, 15) is 0 Å². The van der Waals surface area contributed by atoms with Gasteiger partial charge in [0, 0.05) is 22.1 Å². The van der Waals surface area contributed by atoms with Crippen LogP contribution in [0.2, 0.25) is 5.02 Å². The molecular weight excluding hydrogens is 266 g/mol. The van der Waals surface area contributed by atoms with E-state index in [0.717, 1.165) is 22.1 Å². The first kappa shape index (κ1) is 12.8. The average Bonchev–Trinajstić information content (AvgIpc) is 2.52. The summed E-state index contributed by atoms with van der Waals surface area (Å²) >= 11 is 5.99. The van der Waals surface area contributed by atoms with Gasteiger partial charge in [-0.05, 0) is 48.5 Å². The molecule has 3 rings (SSSR count). The third-order valence-electron chi connectivity index (χ3n) is 3.11. The fourth-order valence-corrected chi connectivity index (χ4v) is 2.32. The highest BCUT2D eigenvalue weighted by molar-refractivity contribution is 6.30. The van der Waals surface area contributed by atoms with Crippen LogP contribution in [0.4, 0.5) is 17.1 Å². The molecule has 0 saturated carbocycles. The van der Waals surface area contributed by atoms with Gasteiger partial charge in [0.05, 0.1) is 0 Å². The van der Waals surface area contributed by atoms with Crippen molar-refractivity contribution in [2.24, 2.45) is 0 Å². The first-order valence-corrected chi connectivity index (χ1v) is 6.88. The molecule has 0 aliphatic carbocycles. The van der Waals surface area contributed by atoms with E-state index in [1.807, 2.05) is 60.7 Å². The zero-order valence-corrected chi connectivity index (χ0v) is 11.7. The zero-order valence-electron chi connectivity index (χ0n) is 10.9. The van der Waals surface area contributed by atoms with Crippen molar-refractivity contribution in [1.82, 2.24) is 0 Å². The number of rotatable bonds is 3. The minimum atomic E-state index is 0.745. The van der Waals surface area contributed by atoms with Crippen LogP contribution >= 0.6 is 11.6 Å². The van der Waals surface area contributed by atoms with Crippen molar-refractivity contribution in [2.45, 2.75) is 0 Å². The van der Waals surface area contributed by atoms with Gasteiger partial charge < -0.3 is 4.90 Å².